The van der Waals surface area contributed by atoms with Gasteiger partial charge in [-0.3, -0.25) is 0 Å². The van der Waals surface area contributed by atoms with Crippen LogP contribution < -0.4 is 5.32 Å². The van der Waals surface area contributed by atoms with Gasteiger partial charge in [-0.2, -0.15) is 17.5 Å². The van der Waals surface area contributed by atoms with E-state index in [1.165, 1.54) is 24.9 Å². The fourth-order valence-corrected chi connectivity index (χ4v) is 7.55. The van der Waals surface area contributed by atoms with Crippen LogP contribution in [0.5, 0.6) is 0 Å². The zero-order valence-electron chi connectivity index (χ0n) is 20.4. The minimum absolute atomic E-state index is 0.000917. The molecule has 1 fully saturated rings. The second-order valence-corrected chi connectivity index (χ2v) is 12.4. The van der Waals surface area contributed by atoms with Crippen molar-refractivity contribution in [1.82, 2.24) is 4.31 Å². The molecule has 0 saturated heterocycles. The molecule has 1 saturated carbocycles. The van der Waals surface area contributed by atoms with Crippen LogP contribution in [0.3, 0.4) is 0 Å². The number of allylic oxidation sites excluding steroid dienone is 1. The van der Waals surface area contributed by atoms with E-state index in [4.69, 9.17) is 10.1 Å². The summed E-state index contributed by atoms with van der Waals surface area (Å²) in [5.41, 5.74) is 0.120. The summed E-state index contributed by atoms with van der Waals surface area (Å²) in [6.45, 7) is 1.94. The normalized spacial score (nSPS) is 19.7. The largest absolute Gasteiger partial charge is 0.462 e. The van der Waals surface area contributed by atoms with E-state index in [1.54, 1.807) is 12.2 Å². The van der Waals surface area contributed by atoms with Crippen molar-refractivity contribution < 1.29 is 36.4 Å². The van der Waals surface area contributed by atoms with Gasteiger partial charge in [-0.25, -0.2) is 13.2 Å². The molecule has 0 aromatic heterocycles. The molecular formula is C24H33F3N3O4S2+. The number of sulfonamides is 1. The molecule has 0 bridgehead atoms. The summed E-state index contributed by atoms with van der Waals surface area (Å²) in [6, 6.07) is 2.31. The average Bonchev–Trinajstić information content (AvgIpc) is 3.34. The monoisotopic (exact) mass is 548 g/mol. The van der Waals surface area contributed by atoms with E-state index in [0.717, 1.165) is 42.3 Å². The van der Waals surface area contributed by atoms with Gasteiger partial charge in [0, 0.05) is 35.4 Å². The lowest BCUT2D eigenvalue weighted by Crippen LogP contribution is -2.85. The number of carbonyl (C=O) groups excluding carboxylic acids is 1. The number of likely N-dealkylation sites (N-methyl/N-ethyl adjacent to an activating group) is 1. The molecule has 0 amide bonds. The van der Waals surface area contributed by atoms with Gasteiger partial charge in [0.05, 0.1) is 23.1 Å². The Bertz CT molecular complexity index is 1100. The molecular weight excluding hydrogens is 515 g/mol. The number of nitrogens with zero attached hydrogens (tertiary/aromatic N) is 1. The van der Waals surface area contributed by atoms with Crippen molar-refractivity contribution >= 4 is 34.0 Å². The number of nitrogens with one attached hydrogen (secondary N) is 1. The van der Waals surface area contributed by atoms with Gasteiger partial charge in [0.25, 0.3) is 0 Å². The third kappa shape index (κ3) is 6.90. The number of hydrogen-bond donors (Lipinski definition) is 2. The van der Waals surface area contributed by atoms with Crippen LogP contribution in [0.15, 0.2) is 39.3 Å². The Morgan fingerprint density at radius 2 is 1.92 bits per heavy atom. The van der Waals surface area contributed by atoms with E-state index in [0.29, 0.717) is 41.5 Å². The minimum Gasteiger partial charge on any atom is -0.462 e. The average molecular weight is 549 g/mol. The summed E-state index contributed by atoms with van der Waals surface area (Å²) in [5.74, 6) is -0.423. The number of esters is 1. The SMILES string of the molecule is CCOC(=O)C[NH2+]C1=C(C=N)C(N(C)S(=O)(=O)c2cc(SC3CCCC3)cc(C(F)(F)F)c2)CCC1. The molecule has 2 aliphatic rings. The number of hydrogen-bond acceptors (Lipinski definition) is 6. The number of halogens is 3. The first-order valence-corrected chi connectivity index (χ1v) is 14.4. The summed E-state index contributed by atoms with van der Waals surface area (Å²) in [4.78, 5) is 11.7. The molecule has 36 heavy (non-hydrogen) atoms. The Morgan fingerprint density at radius 1 is 1.22 bits per heavy atom. The summed E-state index contributed by atoms with van der Waals surface area (Å²) in [7, 11) is -2.97. The number of alkyl halides is 3. The highest BCUT2D eigenvalue weighted by Gasteiger charge is 2.37. The Kier molecular flexibility index (Phi) is 9.64. The van der Waals surface area contributed by atoms with Crippen molar-refractivity contribution in [3.05, 3.63) is 35.0 Å². The van der Waals surface area contributed by atoms with Crippen LogP contribution in [0.4, 0.5) is 13.2 Å². The summed E-state index contributed by atoms with van der Waals surface area (Å²) < 4.78 is 74.2. The van der Waals surface area contributed by atoms with Gasteiger partial charge >= 0.3 is 12.1 Å². The van der Waals surface area contributed by atoms with E-state index in [2.05, 4.69) is 0 Å². The van der Waals surface area contributed by atoms with Crippen LogP contribution in [0.1, 0.15) is 57.4 Å². The van der Waals surface area contributed by atoms with E-state index >= 15 is 0 Å². The molecule has 0 radical (unpaired) electrons. The molecule has 0 spiro atoms. The molecule has 1 aromatic rings. The Labute approximate surface area is 214 Å². The smallest absolute Gasteiger partial charge is 0.416 e. The van der Waals surface area contributed by atoms with Gasteiger partial charge in [0.2, 0.25) is 10.0 Å². The van der Waals surface area contributed by atoms with Crippen molar-refractivity contribution in [2.75, 3.05) is 20.2 Å². The lowest BCUT2D eigenvalue weighted by Gasteiger charge is -2.32. The lowest BCUT2D eigenvalue weighted by atomic mass is 9.92. The topological polar surface area (TPSA) is 104 Å². The Morgan fingerprint density at radius 3 is 2.53 bits per heavy atom. The molecule has 200 valence electrons. The molecule has 3 N–H and O–H groups in total. The van der Waals surface area contributed by atoms with Crippen molar-refractivity contribution in [1.29, 1.82) is 5.41 Å². The highest BCUT2D eigenvalue weighted by Crippen LogP contribution is 2.40. The fraction of sp³-hybridized carbons (Fsp3) is 0.583. The maximum atomic E-state index is 13.7. The predicted molar refractivity (Wildman–Crippen MR) is 131 cm³/mol. The second-order valence-electron chi connectivity index (χ2n) is 8.98. The van der Waals surface area contributed by atoms with Crippen LogP contribution in [0, 0.1) is 5.41 Å². The summed E-state index contributed by atoms with van der Waals surface area (Å²) in [6.07, 6.45) is 1.80. The first kappa shape index (κ1) is 28.7. The molecule has 1 atom stereocenters. The highest BCUT2D eigenvalue weighted by molar-refractivity contribution is 8.00. The molecule has 1 aromatic carbocycles. The van der Waals surface area contributed by atoms with Crippen LogP contribution in [0.2, 0.25) is 0 Å². The van der Waals surface area contributed by atoms with Gasteiger partial charge in [0.1, 0.15) is 5.70 Å². The summed E-state index contributed by atoms with van der Waals surface area (Å²) in [5, 5.41) is 9.73. The van der Waals surface area contributed by atoms with Crippen LogP contribution in [0.25, 0.3) is 0 Å². The number of ether oxygens (including phenoxy) is 1. The van der Waals surface area contributed by atoms with Gasteiger partial charge in [0.15, 0.2) is 6.54 Å². The number of nitrogens with two attached hydrogens (primary N) is 1. The van der Waals surface area contributed by atoms with Crippen molar-refractivity contribution in [3.8, 4) is 0 Å². The number of quaternary nitrogens is 1. The first-order valence-electron chi connectivity index (χ1n) is 12.1. The maximum Gasteiger partial charge on any atom is 0.416 e. The van der Waals surface area contributed by atoms with Gasteiger partial charge in [-0.1, -0.05) is 12.8 Å². The molecule has 0 aliphatic heterocycles. The van der Waals surface area contributed by atoms with E-state index in [1.807, 2.05) is 0 Å². The van der Waals surface area contributed by atoms with E-state index in [9.17, 15) is 26.4 Å². The molecule has 2 aliphatic carbocycles. The van der Waals surface area contributed by atoms with E-state index in [-0.39, 0.29) is 18.4 Å². The number of carbonyl (C=O) groups is 1. The molecule has 12 heteroatoms. The third-order valence-electron chi connectivity index (χ3n) is 6.56. The Balaban J connectivity index is 1.93. The quantitative estimate of drug-likeness (QED) is 0.341. The van der Waals surface area contributed by atoms with Crippen molar-refractivity contribution in [2.24, 2.45) is 0 Å². The van der Waals surface area contributed by atoms with Crippen LogP contribution >= 0.6 is 11.8 Å². The molecule has 1 unspecified atom stereocenters. The molecule has 3 rings (SSSR count). The number of benzene rings is 1. The zero-order valence-corrected chi connectivity index (χ0v) is 22.1. The fourth-order valence-electron chi connectivity index (χ4n) is 4.70. The van der Waals surface area contributed by atoms with Crippen molar-refractivity contribution in [3.63, 3.8) is 0 Å². The predicted octanol–water partition coefficient (Wildman–Crippen LogP) is 3.94. The van der Waals surface area contributed by atoms with Gasteiger partial charge < -0.3 is 15.5 Å². The standard InChI is InChI=1S/C24H32F3N3O4S2/c1-3-34-23(31)15-29-21-9-6-10-22(20(21)14-28)30(2)36(32,33)19-12-16(24(25,26)27)11-18(13-19)35-17-7-4-5-8-17/h11-14,17,22,28-29H,3-10,15H2,1-2H3/p+1. The van der Waals surface area contributed by atoms with E-state index < -0.39 is 38.7 Å². The maximum absolute atomic E-state index is 13.7. The van der Waals surface area contributed by atoms with Gasteiger partial charge in [-0.15, -0.1) is 11.8 Å². The molecule has 7 nitrogen and oxygen atoms in total. The van der Waals surface area contributed by atoms with Gasteiger partial charge in [-0.05, 0) is 50.8 Å². The minimum atomic E-state index is -4.69. The molecule has 0 heterocycles. The third-order valence-corrected chi connectivity index (χ3v) is 9.71. The Hall–Kier alpha value is -1.89. The lowest BCUT2D eigenvalue weighted by molar-refractivity contribution is -0.600. The van der Waals surface area contributed by atoms with Crippen LogP contribution in [-0.2, 0) is 25.7 Å². The van der Waals surface area contributed by atoms with Crippen LogP contribution in [-0.4, -0.2) is 56.4 Å². The number of thioether (sulfide) groups is 1. The van der Waals surface area contributed by atoms with Crippen molar-refractivity contribution in [2.45, 2.75) is 79.1 Å². The number of rotatable bonds is 10. The first-order chi connectivity index (χ1) is 17.0. The zero-order chi connectivity index (χ0) is 26.5. The highest BCUT2D eigenvalue weighted by atomic mass is 32.2. The summed E-state index contributed by atoms with van der Waals surface area (Å²) >= 11 is 1.30. The second kappa shape index (κ2) is 12.1.